The molecule has 4 rings (SSSR count). The zero-order chi connectivity index (χ0) is 17.2. The predicted molar refractivity (Wildman–Crippen MR) is 98.2 cm³/mol. The van der Waals surface area contributed by atoms with Gasteiger partial charge in [-0.1, -0.05) is 30.4 Å². The van der Waals surface area contributed by atoms with E-state index in [-0.39, 0.29) is 6.03 Å². The van der Waals surface area contributed by atoms with E-state index in [1.807, 2.05) is 48.2 Å². The lowest BCUT2D eigenvalue weighted by Gasteiger charge is -2.28. The minimum absolute atomic E-state index is 0.0579. The third-order valence-corrected chi connectivity index (χ3v) is 5.47. The lowest BCUT2D eigenvalue weighted by Crippen LogP contribution is -2.39. The molecule has 0 spiro atoms. The second-order valence-electron chi connectivity index (χ2n) is 7.25. The fraction of sp³-hybridized carbons (Fsp3) is 0.381. The molecule has 3 unspecified atom stereocenters. The molecule has 0 saturated heterocycles. The number of fused-ring (bicyclic) bond motifs is 2. The van der Waals surface area contributed by atoms with Crippen molar-refractivity contribution in [2.75, 3.05) is 11.9 Å². The summed E-state index contributed by atoms with van der Waals surface area (Å²) in [5.41, 5.74) is 1.93. The van der Waals surface area contributed by atoms with E-state index in [1.165, 1.54) is 12.8 Å². The molecule has 0 aliphatic heterocycles. The second kappa shape index (κ2) is 6.79. The number of carbonyl (C=O) groups excluding carboxylic acids is 1. The Morgan fingerprint density at radius 3 is 2.76 bits per heavy atom. The van der Waals surface area contributed by atoms with Gasteiger partial charge in [0.15, 0.2) is 0 Å². The van der Waals surface area contributed by atoms with E-state index < -0.39 is 0 Å². The quantitative estimate of drug-likeness (QED) is 0.795. The number of para-hydroxylation sites is 1. The van der Waals surface area contributed by atoms with Crippen LogP contribution in [0.15, 0.2) is 59.2 Å². The number of allylic oxidation sites excluding steroid dienone is 2. The van der Waals surface area contributed by atoms with Crippen molar-refractivity contribution in [1.82, 2.24) is 4.90 Å². The average Bonchev–Trinajstić information content (AvgIpc) is 3.34. The van der Waals surface area contributed by atoms with E-state index in [0.717, 1.165) is 23.6 Å². The molecule has 1 aromatic carbocycles. The van der Waals surface area contributed by atoms with Crippen LogP contribution >= 0.6 is 0 Å². The molecule has 1 aromatic heterocycles. The fourth-order valence-corrected chi connectivity index (χ4v) is 4.10. The van der Waals surface area contributed by atoms with E-state index in [4.69, 9.17) is 4.42 Å². The summed E-state index contributed by atoms with van der Waals surface area (Å²) in [6, 6.07) is 11.6. The molecule has 2 aliphatic carbocycles. The maximum Gasteiger partial charge on any atom is 0.322 e. The van der Waals surface area contributed by atoms with Gasteiger partial charge in [-0.25, -0.2) is 4.79 Å². The number of rotatable bonds is 5. The summed E-state index contributed by atoms with van der Waals surface area (Å²) < 4.78 is 5.48. The van der Waals surface area contributed by atoms with Gasteiger partial charge < -0.3 is 14.6 Å². The van der Waals surface area contributed by atoms with Gasteiger partial charge in [-0.15, -0.1) is 0 Å². The standard InChI is InChI=1S/C21H24N2O2/c1-15-5-2-3-7-20(15)22-21(24)23(14-19-6-4-10-25-19)13-18-12-16-8-9-17(18)11-16/h2-10,16-18H,11-14H2,1H3,(H,22,24). The van der Waals surface area contributed by atoms with Crippen LogP contribution < -0.4 is 5.32 Å². The number of hydrogen-bond acceptors (Lipinski definition) is 2. The summed E-state index contributed by atoms with van der Waals surface area (Å²) in [7, 11) is 0. The molecule has 25 heavy (non-hydrogen) atoms. The van der Waals surface area contributed by atoms with Gasteiger partial charge in [0.2, 0.25) is 0 Å². The van der Waals surface area contributed by atoms with Gasteiger partial charge in [0, 0.05) is 12.2 Å². The molecule has 2 aromatic rings. The van der Waals surface area contributed by atoms with Gasteiger partial charge >= 0.3 is 6.03 Å². The lowest BCUT2D eigenvalue weighted by molar-refractivity contribution is 0.186. The summed E-state index contributed by atoms with van der Waals surface area (Å²) >= 11 is 0. The minimum atomic E-state index is -0.0579. The number of anilines is 1. The highest BCUT2D eigenvalue weighted by molar-refractivity contribution is 5.90. The largest absolute Gasteiger partial charge is 0.467 e. The van der Waals surface area contributed by atoms with Crippen molar-refractivity contribution in [1.29, 1.82) is 0 Å². The van der Waals surface area contributed by atoms with E-state index in [9.17, 15) is 4.79 Å². The average molecular weight is 336 g/mol. The maximum atomic E-state index is 12.9. The smallest absolute Gasteiger partial charge is 0.322 e. The first-order valence-corrected chi connectivity index (χ1v) is 9.01. The summed E-state index contributed by atoms with van der Waals surface area (Å²) in [5.74, 6) is 2.70. The van der Waals surface area contributed by atoms with E-state index in [0.29, 0.717) is 24.3 Å². The van der Waals surface area contributed by atoms with E-state index >= 15 is 0 Å². The first-order valence-electron chi connectivity index (χ1n) is 9.01. The van der Waals surface area contributed by atoms with Crippen molar-refractivity contribution in [2.24, 2.45) is 17.8 Å². The molecule has 3 atom stereocenters. The number of carbonyl (C=O) groups is 1. The Balaban J connectivity index is 1.49. The van der Waals surface area contributed by atoms with Gasteiger partial charge in [-0.05, 0) is 61.3 Å². The van der Waals surface area contributed by atoms with Crippen LogP contribution in [0.3, 0.4) is 0 Å². The predicted octanol–water partition coefficient (Wildman–Crippen LogP) is 4.83. The summed E-state index contributed by atoms with van der Waals surface area (Å²) in [5, 5.41) is 3.07. The number of nitrogens with one attached hydrogen (secondary N) is 1. The molecule has 1 N–H and O–H groups in total. The molecule has 2 aliphatic rings. The highest BCUT2D eigenvalue weighted by atomic mass is 16.3. The molecule has 1 fully saturated rings. The zero-order valence-electron chi connectivity index (χ0n) is 14.5. The van der Waals surface area contributed by atoms with Crippen LogP contribution in [0.1, 0.15) is 24.2 Å². The van der Waals surface area contributed by atoms with Crippen molar-refractivity contribution < 1.29 is 9.21 Å². The number of nitrogens with zero attached hydrogens (tertiary/aromatic N) is 1. The normalized spacial score (nSPS) is 23.8. The topological polar surface area (TPSA) is 45.5 Å². The lowest BCUT2D eigenvalue weighted by atomic mass is 9.93. The first kappa shape index (κ1) is 16.0. The van der Waals surface area contributed by atoms with Crippen molar-refractivity contribution >= 4 is 11.7 Å². The van der Waals surface area contributed by atoms with Crippen LogP contribution in [0.5, 0.6) is 0 Å². The van der Waals surface area contributed by atoms with Crippen molar-refractivity contribution in [2.45, 2.75) is 26.3 Å². The van der Waals surface area contributed by atoms with E-state index in [1.54, 1.807) is 6.26 Å². The van der Waals surface area contributed by atoms with E-state index in [2.05, 4.69) is 17.5 Å². The molecule has 2 amide bonds. The summed E-state index contributed by atoms with van der Waals surface area (Å²) in [4.78, 5) is 14.8. The van der Waals surface area contributed by atoms with Crippen molar-refractivity contribution in [3.8, 4) is 0 Å². The van der Waals surface area contributed by atoms with Gasteiger partial charge in [-0.3, -0.25) is 0 Å². The number of aryl methyl sites for hydroxylation is 1. The van der Waals surface area contributed by atoms with Crippen molar-refractivity contribution in [3.63, 3.8) is 0 Å². The minimum Gasteiger partial charge on any atom is -0.467 e. The zero-order valence-corrected chi connectivity index (χ0v) is 14.5. The number of furan rings is 1. The molecular formula is C21H24N2O2. The van der Waals surface area contributed by atoms with Crippen LogP contribution in [0.4, 0.5) is 10.5 Å². The van der Waals surface area contributed by atoms with Crippen LogP contribution in [-0.2, 0) is 6.54 Å². The fourth-order valence-electron chi connectivity index (χ4n) is 4.10. The van der Waals surface area contributed by atoms with Crippen LogP contribution in [-0.4, -0.2) is 17.5 Å². The van der Waals surface area contributed by atoms with Gasteiger partial charge in [0.1, 0.15) is 5.76 Å². The summed E-state index contributed by atoms with van der Waals surface area (Å²) in [6.45, 7) is 3.28. The van der Waals surface area contributed by atoms with Crippen LogP contribution in [0, 0.1) is 24.7 Å². The van der Waals surface area contributed by atoms with Gasteiger partial charge in [0.05, 0.1) is 12.8 Å². The van der Waals surface area contributed by atoms with Crippen LogP contribution in [0.2, 0.25) is 0 Å². The number of benzene rings is 1. The Kier molecular flexibility index (Phi) is 4.35. The summed E-state index contributed by atoms with van der Waals surface area (Å²) in [6.07, 6.45) is 8.77. The third-order valence-electron chi connectivity index (χ3n) is 5.47. The Bertz CT molecular complexity index is 766. The highest BCUT2D eigenvalue weighted by Gasteiger charge is 2.37. The van der Waals surface area contributed by atoms with Crippen LogP contribution in [0.25, 0.3) is 0 Å². The molecule has 2 bridgehead atoms. The molecule has 1 heterocycles. The first-order chi connectivity index (χ1) is 12.2. The number of hydrogen-bond donors (Lipinski definition) is 1. The molecule has 0 radical (unpaired) electrons. The maximum absolute atomic E-state index is 12.9. The Morgan fingerprint density at radius 2 is 2.08 bits per heavy atom. The molecule has 4 heteroatoms. The monoisotopic (exact) mass is 336 g/mol. The Hall–Kier alpha value is -2.49. The Morgan fingerprint density at radius 1 is 1.20 bits per heavy atom. The van der Waals surface area contributed by atoms with Gasteiger partial charge in [-0.2, -0.15) is 0 Å². The number of urea groups is 1. The Labute approximate surface area is 148 Å². The third kappa shape index (κ3) is 3.48. The second-order valence-corrected chi connectivity index (χ2v) is 7.25. The molecular weight excluding hydrogens is 312 g/mol. The number of amides is 2. The molecule has 4 nitrogen and oxygen atoms in total. The van der Waals surface area contributed by atoms with Gasteiger partial charge in [0.25, 0.3) is 0 Å². The molecule has 1 saturated carbocycles. The highest BCUT2D eigenvalue weighted by Crippen LogP contribution is 2.43. The SMILES string of the molecule is Cc1ccccc1NC(=O)N(Cc1ccco1)CC1CC2C=CC1C2. The molecule has 130 valence electrons. The van der Waals surface area contributed by atoms with Crippen molar-refractivity contribution in [3.05, 3.63) is 66.1 Å².